The first kappa shape index (κ1) is 9.20. The first-order chi connectivity index (χ1) is 6.70. The van der Waals surface area contributed by atoms with E-state index in [1.54, 1.807) is 12.3 Å². The van der Waals surface area contributed by atoms with Gasteiger partial charge in [0, 0.05) is 17.1 Å². The SMILES string of the molecule is Nc1c([C](=O)[Al])ccc2cccnc12. The van der Waals surface area contributed by atoms with Crippen LogP contribution in [0.25, 0.3) is 10.9 Å². The Morgan fingerprint density at radius 1 is 1.36 bits per heavy atom. The van der Waals surface area contributed by atoms with Crippen molar-refractivity contribution >= 4 is 37.5 Å². The maximum Gasteiger partial charge on any atom is 0.250 e. The Labute approximate surface area is 89.4 Å². The number of carbonyl (C=O) groups is 1. The number of nitrogens with two attached hydrogens (primary N) is 1. The van der Waals surface area contributed by atoms with Crippen LogP contribution in [-0.2, 0) is 0 Å². The average Bonchev–Trinajstić information content (AvgIpc) is 2.18. The molecule has 0 spiro atoms. The lowest BCUT2D eigenvalue weighted by Crippen LogP contribution is -2.03. The van der Waals surface area contributed by atoms with Gasteiger partial charge in [0.25, 0.3) is 16.3 Å². The molecule has 3 nitrogen and oxygen atoms in total. The Bertz CT molecular complexity index is 510. The molecule has 2 N–H and O–H groups in total. The second-order valence-electron chi connectivity index (χ2n) is 2.97. The van der Waals surface area contributed by atoms with E-state index in [2.05, 4.69) is 21.3 Å². The van der Waals surface area contributed by atoms with Crippen LogP contribution in [0, 0.1) is 0 Å². The lowest BCUT2D eigenvalue weighted by Gasteiger charge is -2.05. The van der Waals surface area contributed by atoms with Gasteiger partial charge < -0.3 is 10.5 Å². The Kier molecular flexibility index (Phi) is 2.24. The van der Waals surface area contributed by atoms with Crippen LogP contribution in [0.15, 0.2) is 30.5 Å². The van der Waals surface area contributed by atoms with Crippen molar-refractivity contribution in [2.45, 2.75) is 0 Å². The van der Waals surface area contributed by atoms with Crippen molar-refractivity contribution in [1.82, 2.24) is 4.98 Å². The predicted molar refractivity (Wildman–Crippen MR) is 56.2 cm³/mol. The summed E-state index contributed by atoms with van der Waals surface area (Å²) in [6, 6.07) is 7.31. The summed E-state index contributed by atoms with van der Waals surface area (Å²) in [4.78, 5) is 15.3. The van der Waals surface area contributed by atoms with Gasteiger partial charge >= 0.3 is 0 Å². The van der Waals surface area contributed by atoms with Crippen molar-refractivity contribution in [2.24, 2.45) is 0 Å². The predicted octanol–water partition coefficient (Wildman–Crippen LogP) is 1.13. The maximum absolute atomic E-state index is 11.2. The first-order valence-corrected chi connectivity index (χ1v) is 4.71. The van der Waals surface area contributed by atoms with Crippen LogP contribution in [-0.4, -0.2) is 25.9 Å². The third-order valence-corrected chi connectivity index (χ3v) is 2.39. The molecule has 0 aliphatic rings. The fourth-order valence-corrected chi connectivity index (χ4v) is 1.63. The minimum absolute atomic E-state index is 0.116. The molecule has 0 amide bonds. The average molecular weight is 198 g/mol. The smallest absolute Gasteiger partial charge is 0.250 e. The largest absolute Gasteiger partial charge is 0.396 e. The van der Waals surface area contributed by atoms with Gasteiger partial charge in [0.05, 0.1) is 15.8 Å². The minimum Gasteiger partial charge on any atom is -0.396 e. The number of rotatable bonds is 1. The molecule has 0 saturated heterocycles. The topological polar surface area (TPSA) is 56.0 Å². The molecule has 2 radical (unpaired) electrons. The van der Waals surface area contributed by atoms with Gasteiger partial charge in [-0.15, -0.1) is 0 Å². The molecule has 0 aliphatic carbocycles. The van der Waals surface area contributed by atoms with E-state index < -0.39 is 0 Å². The van der Waals surface area contributed by atoms with Crippen molar-refractivity contribution in [1.29, 1.82) is 0 Å². The molecule has 0 aliphatic heterocycles. The van der Waals surface area contributed by atoms with Crippen LogP contribution in [0.5, 0.6) is 0 Å². The van der Waals surface area contributed by atoms with Crippen molar-refractivity contribution in [3.63, 3.8) is 0 Å². The molecule has 1 heterocycles. The molecule has 0 saturated carbocycles. The zero-order valence-corrected chi connectivity index (χ0v) is 8.55. The Morgan fingerprint density at radius 2 is 2.14 bits per heavy atom. The Balaban J connectivity index is 2.81. The summed E-state index contributed by atoms with van der Waals surface area (Å²) in [7, 11) is 0. The molecule has 0 unspecified atom stereocenters. The van der Waals surface area contributed by atoms with Crippen LogP contribution in [0.1, 0.15) is 10.4 Å². The van der Waals surface area contributed by atoms with E-state index in [-0.39, 0.29) is 4.65 Å². The molecule has 2 aromatic rings. The fourth-order valence-electron chi connectivity index (χ4n) is 1.38. The number of anilines is 1. The van der Waals surface area contributed by atoms with Gasteiger partial charge in [-0.3, -0.25) is 4.98 Å². The summed E-state index contributed by atoms with van der Waals surface area (Å²) in [5, 5.41) is 0.944. The van der Waals surface area contributed by atoms with E-state index in [1.807, 2.05) is 18.2 Å². The van der Waals surface area contributed by atoms with Gasteiger partial charge in [0.2, 0.25) is 0 Å². The molecule has 0 bridgehead atoms. The second-order valence-corrected chi connectivity index (χ2v) is 3.49. The molecule has 1 aromatic heterocycles. The molecule has 2 rings (SSSR count). The van der Waals surface area contributed by atoms with E-state index in [9.17, 15) is 4.79 Å². The maximum atomic E-state index is 11.2. The van der Waals surface area contributed by atoms with Gasteiger partial charge in [0.15, 0.2) is 0 Å². The van der Waals surface area contributed by atoms with Crippen molar-refractivity contribution in [2.75, 3.05) is 5.73 Å². The normalized spacial score (nSPS) is 10.3. The van der Waals surface area contributed by atoms with Crippen LogP contribution in [0.4, 0.5) is 5.69 Å². The van der Waals surface area contributed by atoms with Gasteiger partial charge in [-0.05, 0) is 6.07 Å². The fraction of sp³-hybridized carbons (Fsp3) is 0. The lowest BCUT2D eigenvalue weighted by atomic mass is 10.1. The third kappa shape index (κ3) is 1.39. The van der Waals surface area contributed by atoms with Gasteiger partial charge in [0.1, 0.15) is 0 Å². The lowest BCUT2D eigenvalue weighted by molar-refractivity contribution is 0.108. The summed E-state index contributed by atoms with van der Waals surface area (Å²) < 4.78 is -0.116. The third-order valence-electron chi connectivity index (χ3n) is 2.08. The molecule has 4 heteroatoms. The molecular formula is C10H7AlN2O. The van der Waals surface area contributed by atoms with Gasteiger partial charge in [-0.1, -0.05) is 18.2 Å². The highest BCUT2D eigenvalue weighted by atomic mass is 27.0. The summed E-state index contributed by atoms with van der Waals surface area (Å²) >= 11 is 2.11. The summed E-state index contributed by atoms with van der Waals surface area (Å²) in [5.74, 6) is 0. The van der Waals surface area contributed by atoms with Gasteiger partial charge in [-0.25, -0.2) is 0 Å². The molecular weight excluding hydrogens is 191 g/mol. The van der Waals surface area contributed by atoms with Crippen LogP contribution in [0.3, 0.4) is 0 Å². The van der Waals surface area contributed by atoms with Gasteiger partial charge in [-0.2, -0.15) is 0 Å². The highest BCUT2D eigenvalue weighted by Crippen LogP contribution is 2.22. The highest BCUT2D eigenvalue weighted by Gasteiger charge is 2.06. The number of pyridine rings is 1. The van der Waals surface area contributed by atoms with Crippen molar-refractivity contribution in [3.8, 4) is 0 Å². The molecule has 66 valence electrons. The monoisotopic (exact) mass is 198 g/mol. The van der Waals surface area contributed by atoms with Crippen molar-refractivity contribution in [3.05, 3.63) is 36.0 Å². The number of carbonyl (C=O) groups excluding carboxylic acids is 1. The zero-order valence-electron chi connectivity index (χ0n) is 7.40. The summed E-state index contributed by atoms with van der Waals surface area (Å²) in [6.07, 6.45) is 1.66. The molecule has 14 heavy (non-hydrogen) atoms. The van der Waals surface area contributed by atoms with Crippen LogP contribution in [0.2, 0.25) is 0 Å². The molecule has 0 atom stereocenters. The highest BCUT2D eigenvalue weighted by molar-refractivity contribution is 6.63. The number of benzene rings is 1. The van der Waals surface area contributed by atoms with E-state index in [4.69, 9.17) is 5.73 Å². The molecule has 1 aromatic carbocycles. The first-order valence-electron chi connectivity index (χ1n) is 4.13. The standard InChI is InChI=1S/C10H7N2O.Al/c11-9-8(6-13)4-3-7-2-1-5-12-10(7)9;/h1-5H,11H2;. The van der Waals surface area contributed by atoms with E-state index in [1.165, 1.54) is 0 Å². The van der Waals surface area contributed by atoms with E-state index in [0.29, 0.717) is 16.8 Å². The van der Waals surface area contributed by atoms with E-state index in [0.717, 1.165) is 5.39 Å². The number of hydrogen-bond acceptors (Lipinski definition) is 3. The second kappa shape index (κ2) is 3.41. The van der Waals surface area contributed by atoms with Crippen LogP contribution < -0.4 is 5.73 Å². The van der Waals surface area contributed by atoms with E-state index >= 15 is 0 Å². The summed E-state index contributed by atoms with van der Waals surface area (Å²) in [5.41, 5.74) is 7.45. The minimum atomic E-state index is -0.116. The number of hydrogen-bond donors (Lipinski definition) is 1. The quantitative estimate of drug-likeness (QED) is 0.552. The number of nitrogens with zero attached hydrogens (tertiary/aromatic N) is 1. The molecule has 0 fully saturated rings. The number of nitrogen functional groups attached to an aromatic ring is 1. The zero-order chi connectivity index (χ0) is 10.1. The number of aromatic nitrogens is 1. The van der Waals surface area contributed by atoms with Crippen molar-refractivity contribution < 1.29 is 4.79 Å². The number of fused-ring (bicyclic) bond motifs is 1. The van der Waals surface area contributed by atoms with Crippen LogP contribution >= 0.6 is 0 Å². The Hall–Kier alpha value is -1.37. The Morgan fingerprint density at radius 3 is 2.86 bits per heavy atom. The summed E-state index contributed by atoms with van der Waals surface area (Å²) in [6.45, 7) is 0.